The maximum atomic E-state index is 13.7. The van der Waals surface area contributed by atoms with Crippen LogP contribution in [0.15, 0.2) is 47.4 Å². The van der Waals surface area contributed by atoms with Crippen LogP contribution in [0.1, 0.15) is 77.2 Å². The highest BCUT2D eigenvalue weighted by Gasteiger charge is 2.43. The van der Waals surface area contributed by atoms with Gasteiger partial charge in [-0.1, -0.05) is 12.1 Å². The van der Waals surface area contributed by atoms with Crippen LogP contribution in [0.3, 0.4) is 0 Å². The SMILES string of the molecule is Cc1nn(-c2ccc(C(N)=O)c(NC3CCN(S(=O)(=O)c4ccc(CN(C)C)cc4)CC3)c2)c2c1C(=O)N(CC1CC1)C(C)(C)C2. The first-order valence-electron chi connectivity index (χ1n) is 16.1. The Labute approximate surface area is 271 Å². The number of amides is 2. The molecule has 0 unspecified atom stereocenters. The fourth-order valence-electron chi connectivity index (χ4n) is 6.77. The summed E-state index contributed by atoms with van der Waals surface area (Å²) in [6, 6.07) is 12.4. The van der Waals surface area contributed by atoms with Gasteiger partial charge >= 0.3 is 0 Å². The smallest absolute Gasteiger partial charge is 0.258 e. The van der Waals surface area contributed by atoms with Crippen LogP contribution in [-0.4, -0.2) is 89.4 Å². The van der Waals surface area contributed by atoms with Crippen LogP contribution in [0, 0.1) is 12.8 Å². The van der Waals surface area contributed by atoms with E-state index in [0.29, 0.717) is 65.7 Å². The Bertz CT molecular complexity index is 1750. The average Bonchev–Trinajstić information content (AvgIpc) is 3.76. The lowest BCUT2D eigenvalue weighted by Gasteiger charge is -2.42. The molecule has 2 aromatic carbocycles. The summed E-state index contributed by atoms with van der Waals surface area (Å²) in [5, 5.41) is 8.29. The number of piperidine rings is 1. The number of rotatable bonds is 10. The number of anilines is 1. The maximum absolute atomic E-state index is 13.7. The topological polar surface area (TPSA) is 134 Å². The van der Waals surface area contributed by atoms with Crippen LogP contribution in [0.2, 0.25) is 0 Å². The molecule has 1 saturated carbocycles. The van der Waals surface area contributed by atoms with Gasteiger partial charge in [-0.2, -0.15) is 9.40 Å². The molecule has 246 valence electrons. The van der Waals surface area contributed by atoms with Crippen molar-refractivity contribution in [2.45, 2.75) is 75.9 Å². The standard InChI is InChI=1S/C34H45N7O4S/c1-22-31-30(19-34(2,3)40(33(31)43)21-24-6-7-24)41(37-22)26-10-13-28(32(35)42)29(18-26)36-25-14-16-39(17-15-25)46(44,45)27-11-8-23(9-12-27)20-38(4)5/h8-13,18,24-25,36H,6-7,14-17,19-21H2,1-5H3,(H2,35,42). The van der Waals surface area contributed by atoms with Crippen molar-refractivity contribution in [2.24, 2.45) is 11.7 Å². The molecule has 3 N–H and O–H groups in total. The number of hydrogen-bond donors (Lipinski definition) is 2. The maximum Gasteiger partial charge on any atom is 0.258 e. The lowest BCUT2D eigenvalue weighted by Crippen LogP contribution is -2.53. The van der Waals surface area contributed by atoms with E-state index < -0.39 is 15.9 Å². The molecule has 3 heterocycles. The second-order valence-corrected chi connectivity index (χ2v) is 15.9. The van der Waals surface area contributed by atoms with Gasteiger partial charge in [-0.05, 0) is 102 Å². The van der Waals surface area contributed by atoms with Crippen LogP contribution in [0.25, 0.3) is 5.69 Å². The van der Waals surface area contributed by atoms with Gasteiger partial charge in [0.25, 0.3) is 11.8 Å². The van der Waals surface area contributed by atoms with Gasteiger partial charge in [0, 0.05) is 49.9 Å². The molecule has 0 radical (unpaired) electrons. The van der Waals surface area contributed by atoms with Crippen LogP contribution in [0.4, 0.5) is 5.69 Å². The monoisotopic (exact) mass is 647 g/mol. The van der Waals surface area contributed by atoms with Crippen molar-refractivity contribution in [2.75, 3.05) is 39.0 Å². The summed E-state index contributed by atoms with van der Waals surface area (Å²) in [5.74, 6) is 0.0550. The minimum atomic E-state index is -3.62. The van der Waals surface area contributed by atoms with E-state index in [-0.39, 0.29) is 17.5 Å². The van der Waals surface area contributed by atoms with Crippen molar-refractivity contribution < 1.29 is 18.0 Å². The molecule has 1 aliphatic carbocycles. The average molecular weight is 648 g/mol. The summed E-state index contributed by atoms with van der Waals surface area (Å²) in [7, 11) is 0.329. The predicted octanol–water partition coefficient (Wildman–Crippen LogP) is 3.79. The molecule has 1 aromatic heterocycles. The molecule has 2 amide bonds. The summed E-state index contributed by atoms with van der Waals surface area (Å²) in [6.07, 6.45) is 4.14. The number of carbonyl (C=O) groups excluding carboxylic acids is 2. The van der Waals surface area contributed by atoms with Crippen molar-refractivity contribution in [1.82, 2.24) is 23.9 Å². The molecule has 0 atom stereocenters. The van der Waals surface area contributed by atoms with Gasteiger partial charge in [-0.25, -0.2) is 13.1 Å². The number of aryl methyl sites for hydroxylation is 1. The highest BCUT2D eigenvalue weighted by atomic mass is 32.2. The molecular weight excluding hydrogens is 602 g/mol. The highest BCUT2D eigenvalue weighted by molar-refractivity contribution is 7.89. The number of benzene rings is 2. The summed E-state index contributed by atoms with van der Waals surface area (Å²) < 4.78 is 30.1. The van der Waals surface area contributed by atoms with Gasteiger partial charge in [0.1, 0.15) is 0 Å². The van der Waals surface area contributed by atoms with Crippen LogP contribution in [-0.2, 0) is 23.0 Å². The van der Waals surface area contributed by atoms with Gasteiger partial charge in [0.05, 0.1) is 33.1 Å². The number of hydrogen-bond acceptors (Lipinski definition) is 7. The minimum Gasteiger partial charge on any atom is -0.382 e. The first-order valence-corrected chi connectivity index (χ1v) is 17.5. The van der Waals surface area contributed by atoms with Crippen molar-refractivity contribution in [3.8, 4) is 5.69 Å². The summed E-state index contributed by atoms with van der Waals surface area (Å²) in [6.45, 7) is 8.32. The normalized spacial score (nSPS) is 19.0. The molecule has 12 heteroatoms. The van der Waals surface area contributed by atoms with E-state index in [0.717, 1.165) is 30.0 Å². The second kappa shape index (κ2) is 12.1. The zero-order chi connectivity index (χ0) is 33.0. The Balaban J connectivity index is 1.20. The van der Waals surface area contributed by atoms with Crippen molar-refractivity contribution >= 4 is 27.5 Å². The van der Waals surface area contributed by atoms with E-state index in [1.807, 2.05) is 59.8 Å². The molecule has 2 aliphatic heterocycles. The second-order valence-electron chi connectivity index (χ2n) is 14.0. The van der Waals surface area contributed by atoms with Crippen LogP contribution >= 0.6 is 0 Å². The van der Waals surface area contributed by atoms with Gasteiger partial charge in [0.15, 0.2) is 0 Å². The Kier molecular flexibility index (Phi) is 8.49. The molecule has 1 saturated heterocycles. The number of carbonyl (C=O) groups is 2. The van der Waals surface area contributed by atoms with Crippen molar-refractivity contribution in [1.29, 1.82) is 0 Å². The van der Waals surface area contributed by atoms with Crippen LogP contribution < -0.4 is 11.1 Å². The number of aromatic nitrogens is 2. The fraction of sp³-hybridized carbons (Fsp3) is 0.500. The van der Waals surface area contributed by atoms with E-state index in [1.54, 1.807) is 18.2 Å². The summed E-state index contributed by atoms with van der Waals surface area (Å²) in [4.78, 5) is 30.5. The molecule has 0 bridgehead atoms. The lowest BCUT2D eigenvalue weighted by molar-refractivity contribution is 0.0487. The van der Waals surface area contributed by atoms with Gasteiger partial charge in [-0.3, -0.25) is 9.59 Å². The zero-order valence-electron chi connectivity index (χ0n) is 27.4. The molecule has 2 fully saturated rings. The molecule has 3 aliphatic rings. The Morgan fingerprint density at radius 1 is 1.07 bits per heavy atom. The number of primary amides is 1. The fourth-order valence-corrected chi connectivity index (χ4v) is 8.24. The number of nitrogens with two attached hydrogens (primary N) is 1. The van der Waals surface area contributed by atoms with Crippen molar-refractivity contribution in [3.63, 3.8) is 0 Å². The Morgan fingerprint density at radius 2 is 1.74 bits per heavy atom. The lowest BCUT2D eigenvalue weighted by atomic mass is 9.87. The number of nitrogens with zero attached hydrogens (tertiary/aromatic N) is 5. The van der Waals surface area contributed by atoms with Crippen LogP contribution in [0.5, 0.6) is 0 Å². The molecule has 0 spiro atoms. The van der Waals surface area contributed by atoms with E-state index in [1.165, 1.54) is 17.1 Å². The first-order chi connectivity index (χ1) is 21.7. The summed E-state index contributed by atoms with van der Waals surface area (Å²) in [5.41, 5.74) is 10.3. The number of fused-ring (bicyclic) bond motifs is 1. The third-order valence-corrected chi connectivity index (χ3v) is 11.4. The predicted molar refractivity (Wildman–Crippen MR) is 178 cm³/mol. The van der Waals surface area contributed by atoms with Crippen molar-refractivity contribution in [3.05, 3.63) is 70.5 Å². The number of nitrogens with one attached hydrogen (secondary N) is 1. The van der Waals surface area contributed by atoms with Gasteiger partial charge in [-0.15, -0.1) is 0 Å². The van der Waals surface area contributed by atoms with Gasteiger partial charge in [0.2, 0.25) is 10.0 Å². The Hall–Kier alpha value is -3.74. The molecule has 46 heavy (non-hydrogen) atoms. The molecule has 11 nitrogen and oxygen atoms in total. The first kappa shape index (κ1) is 32.2. The Morgan fingerprint density at radius 3 is 2.35 bits per heavy atom. The van der Waals surface area contributed by atoms with E-state index >= 15 is 0 Å². The molecule has 6 rings (SSSR count). The zero-order valence-corrected chi connectivity index (χ0v) is 28.2. The minimum absolute atomic E-state index is 0.0280. The van der Waals surface area contributed by atoms with Gasteiger partial charge < -0.3 is 20.9 Å². The largest absolute Gasteiger partial charge is 0.382 e. The summed E-state index contributed by atoms with van der Waals surface area (Å²) >= 11 is 0. The highest BCUT2D eigenvalue weighted by Crippen LogP contribution is 2.38. The van der Waals surface area contributed by atoms with E-state index in [4.69, 9.17) is 10.8 Å². The quantitative estimate of drug-likeness (QED) is 0.342. The third kappa shape index (κ3) is 6.30. The molecule has 3 aromatic rings. The third-order valence-electron chi connectivity index (χ3n) is 9.47. The molecular formula is C34H45N7O4S. The van der Waals surface area contributed by atoms with E-state index in [9.17, 15) is 18.0 Å². The van der Waals surface area contributed by atoms with E-state index in [2.05, 4.69) is 19.2 Å². The number of sulfonamides is 1.